The molecule has 0 spiro atoms. The summed E-state index contributed by atoms with van der Waals surface area (Å²) in [6.45, 7) is 2.07. The van der Waals surface area contributed by atoms with Crippen LogP contribution in [0.5, 0.6) is 0 Å². The fraction of sp³-hybridized carbons (Fsp3) is 0.200. The number of anilines is 1. The largest absolute Gasteiger partial charge is 0.316 e. The SMILES string of the molecule is O=C(Nc1ccccn1)c1ccc(-c2ccc(C3CCCNC3)c3ncncc23)cc1. The van der Waals surface area contributed by atoms with Gasteiger partial charge in [-0.05, 0) is 66.3 Å². The Balaban J connectivity index is 1.45. The van der Waals surface area contributed by atoms with E-state index in [0.717, 1.165) is 35.1 Å². The maximum atomic E-state index is 12.5. The van der Waals surface area contributed by atoms with Crippen molar-refractivity contribution < 1.29 is 4.79 Å². The van der Waals surface area contributed by atoms with Gasteiger partial charge in [0.15, 0.2) is 0 Å². The topological polar surface area (TPSA) is 79.8 Å². The van der Waals surface area contributed by atoms with Gasteiger partial charge in [0.25, 0.3) is 5.91 Å². The summed E-state index contributed by atoms with van der Waals surface area (Å²) in [5.74, 6) is 0.823. The summed E-state index contributed by atoms with van der Waals surface area (Å²) in [4.78, 5) is 25.6. The number of benzene rings is 2. The molecule has 1 aliphatic rings. The summed E-state index contributed by atoms with van der Waals surface area (Å²) < 4.78 is 0. The number of hydrogen-bond acceptors (Lipinski definition) is 5. The fourth-order valence-corrected chi connectivity index (χ4v) is 4.22. The first kappa shape index (κ1) is 19.3. The molecule has 2 aromatic heterocycles. The zero-order chi connectivity index (χ0) is 21.0. The molecule has 5 rings (SSSR count). The van der Waals surface area contributed by atoms with Crippen molar-refractivity contribution in [1.82, 2.24) is 20.3 Å². The minimum absolute atomic E-state index is 0.182. The number of fused-ring (bicyclic) bond motifs is 1. The third-order valence-electron chi connectivity index (χ3n) is 5.81. The average Bonchev–Trinajstić information content (AvgIpc) is 2.85. The second-order valence-corrected chi connectivity index (χ2v) is 7.78. The summed E-state index contributed by atoms with van der Waals surface area (Å²) in [5, 5.41) is 7.35. The first-order chi connectivity index (χ1) is 15.3. The molecular weight excluding hydrogens is 386 g/mol. The number of carbonyl (C=O) groups is 1. The van der Waals surface area contributed by atoms with Crippen molar-refractivity contribution in [1.29, 1.82) is 0 Å². The first-order valence-corrected chi connectivity index (χ1v) is 10.6. The number of aromatic nitrogens is 3. The van der Waals surface area contributed by atoms with E-state index in [4.69, 9.17) is 0 Å². The number of carbonyl (C=O) groups excluding carboxylic acids is 1. The molecule has 0 bridgehead atoms. The Labute approximate surface area is 180 Å². The highest BCUT2D eigenvalue weighted by Gasteiger charge is 2.19. The predicted molar refractivity (Wildman–Crippen MR) is 122 cm³/mol. The molecule has 6 heteroatoms. The number of rotatable bonds is 4. The van der Waals surface area contributed by atoms with E-state index < -0.39 is 0 Å². The highest BCUT2D eigenvalue weighted by atomic mass is 16.1. The fourth-order valence-electron chi connectivity index (χ4n) is 4.22. The van der Waals surface area contributed by atoms with E-state index >= 15 is 0 Å². The van der Waals surface area contributed by atoms with Crippen molar-refractivity contribution in [3.05, 3.63) is 84.4 Å². The smallest absolute Gasteiger partial charge is 0.256 e. The second kappa shape index (κ2) is 8.62. The molecule has 1 aliphatic heterocycles. The van der Waals surface area contributed by atoms with Gasteiger partial charge in [-0.2, -0.15) is 0 Å². The van der Waals surface area contributed by atoms with Gasteiger partial charge in [0, 0.05) is 29.9 Å². The Bertz CT molecular complexity index is 1200. The summed E-state index contributed by atoms with van der Waals surface area (Å²) in [6, 6.07) is 17.4. The maximum Gasteiger partial charge on any atom is 0.256 e. The molecule has 0 saturated carbocycles. The van der Waals surface area contributed by atoms with Crippen LogP contribution in [-0.2, 0) is 0 Å². The van der Waals surface area contributed by atoms with Gasteiger partial charge in [-0.3, -0.25) is 4.79 Å². The van der Waals surface area contributed by atoms with Crippen LogP contribution in [0.4, 0.5) is 5.82 Å². The van der Waals surface area contributed by atoms with Gasteiger partial charge < -0.3 is 10.6 Å². The summed E-state index contributed by atoms with van der Waals surface area (Å²) in [5.41, 5.74) is 4.97. The Hall–Kier alpha value is -3.64. The molecule has 1 amide bonds. The standard InChI is InChI=1S/C25H23N5O/c31-25(30-23-5-1-2-13-28-23)18-8-6-17(7-9-18)20-10-11-21(19-4-3-12-26-14-19)24-22(20)15-27-16-29-24/h1-2,5-11,13,15-16,19,26H,3-4,12,14H2,(H,28,30,31). The third-order valence-corrected chi connectivity index (χ3v) is 5.81. The lowest BCUT2D eigenvalue weighted by molar-refractivity contribution is 0.102. The lowest BCUT2D eigenvalue weighted by atomic mass is 9.88. The summed E-state index contributed by atoms with van der Waals surface area (Å²) in [6.07, 6.45) is 7.52. The van der Waals surface area contributed by atoms with Crippen molar-refractivity contribution in [3.63, 3.8) is 0 Å². The van der Waals surface area contributed by atoms with Crippen LogP contribution in [0.1, 0.15) is 34.7 Å². The number of amides is 1. The molecule has 2 N–H and O–H groups in total. The highest BCUT2D eigenvalue weighted by Crippen LogP contribution is 2.34. The quantitative estimate of drug-likeness (QED) is 0.522. The average molecular weight is 409 g/mol. The van der Waals surface area contributed by atoms with Crippen molar-refractivity contribution in [2.75, 3.05) is 18.4 Å². The minimum atomic E-state index is -0.182. The van der Waals surface area contributed by atoms with Gasteiger partial charge in [-0.1, -0.05) is 30.3 Å². The number of nitrogens with zero attached hydrogens (tertiary/aromatic N) is 3. The third kappa shape index (κ3) is 4.02. The lowest BCUT2D eigenvalue weighted by Crippen LogP contribution is -2.28. The van der Waals surface area contributed by atoms with Crippen LogP contribution < -0.4 is 10.6 Å². The Morgan fingerprint density at radius 3 is 2.71 bits per heavy atom. The first-order valence-electron chi connectivity index (χ1n) is 10.6. The van der Waals surface area contributed by atoms with E-state index in [1.807, 2.05) is 42.6 Å². The molecule has 1 fully saturated rings. The normalized spacial score (nSPS) is 16.2. The van der Waals surface area contributed by atoms with Crippen LogP contribution in [0.15, 0.2) is 73.3 Å². The van der Waals surface area contributed by atoms with Crippen LogP contribution in [0.2, 0.25) is 0 Å². The zero-order valence-corrected chi connectivity index (χ0v) is 17.1. The second-order valence-electron chi connectivity index (χ2n) is 7.78. The number of piperidine rings is 1. The molecule has 31 heavy (non-hydrogen) atoms. The molecule has 154 valence electrons. The monoisotopic (exact) mass is 409 g/mol. The summed E-state index contributed by atoms with van der Waals surface area (Å²) in [7, 11) is 0. The zero-order valence-electron chi connectivity index (χ0n) is 17.1. The van der Waals surface area contributed by atoms with Crippen LogP contribution in [0, 0.1) is 0 Å². The predicted octanol–water partition coefficient (Wildman–Crippen LogP) is 4.41. The van der Waals surface area contributed by atoms with Gasteiger partial charge in [0.1, 0.15) is 12.1 Å². The van der Waals surface area contributed by atoms with E-state index in [9.17, 15) is 4.79 Å². The van der Waals surface area contributed by atoms with Crippen LogP contribution in [0.3, 0.4) is 0 Å². The van der Waals surface area contributed by atoms with Gasteiger partial charge in [0.05, 0.1) is 5.52 Å². The van der Waals surface area contributed by atoms with E-state index in [1.54, 1.807) is 18.6 Å². The lowest BCUT2D eigenvalue weighted by Gasteiger charge is -2.24. The molecule has 0 radical (unpaired) electrons. The highest BCUT2D eigenvalue weighted by molar-refractivity contribution is 6.04. The molecule has 4 aromatic rings. The van der Waals surface area contributed by atoms with Crippen molar-refractivity contribution in [2.45, 2.75) is 18.8 Å². The Morgan fingerprint density at radius 1 is 1.03 bits per heavy atom. The molecule has 1 unspecified atom stereocenters. The molecule has 3 heterocycles. The molecule has 0 aliphatic carbocycles. The Morgan fingerprint density at radius 2 is 1.94 bits per heavy atom. The van der Waals surface area contributed by atoms with Gasteiger partial charge in [-0.25, -0.2) is 15.0 Å². The van der Waals surface area contributed by atoms with Crippen LogP contribution in [-0.4, -0.2) is 33.9 Å². The van der Waals surface area contributed by atoms with Crippen LogP contribution in [0.25, 0.3) is 22.0 Å². The van der Waals surface area contributed by atoms with Crippen molar-refractivity contribution >= 4 is 22.6 Å². The number of hydrogen-bond donors (Lipinski definition) is 2. The van der Waals surface area contributed by atoms with Crippen molar-refractivity contribution in [2.24, 2.45) is 0 Å². The van der Waals surface area contributed by atoms with E-state index in [1.165, 1.54) is 18.4 Å². The molecule has 6 nitrogen and oxygen atoms in total. The van der Waals surface area contributed by atoms with Gasteiger partial charge in [0.2, 0.25) is 0 Å². The van der Waals surface area contributed by atoms with E-state index in [0.29, 0.717) is 17.3 Å². The van der Waals surface area contributed by atoms with Crippen LogP contribution >= 0.6 is 0 Å². The Kier molecular flexibility index (Phi) is 5.37. The molecular formula is C25H23N5O. The molecule has 2 aromatic carbocycles. The molecule has 1 atom stereocenters. The molecule has 1 saturated heterocycles. The van der Waals surface area contributed by atoms with E-state index in [2.05, 4.69) is 37.7 Å². The summed E-state index contributed by atoms with van der Waals surface area (Å²) >= 11 is 0. The van der Waals surface area contributed by atoms with Gasteiger partial charge in [-0.15, -0.1) is 0 Å². The minimum Gasteiger partial charge on any atom is -0.316 e. The van der Waals surface area contributed by atoms with E-state index in [-0.39, 0.29) is 5.91 Å². The van der Waals surface area contributed by atoms with Gasteiger partial charge >= 0.3 is 0 Å². The number of nitrogens with one attached hydrogen (secondary N) is 2. The number of pyridine rings is 1. The maximum absolute atomic E-state index is 12.5. The van der Waals surface area contributed by atoms with Crippen molar-refractivity contribution in [3.8, 4) is 11.1 Å².